The van der Waals surface area contributed by atoms with Crippen molar-refractivity contribution >= 4 is 0 Å². The van der Waals surface area contributed by atoms with Crippen LogP contribution in [0.25, 0.3) is 0 Å². The zero-order valence-electron chi connectivity index (χ0n) is 13.3. The van der Waals surface area contributed by atoms with Gasteiger partial charge >= 0.3 is 0 Å². The van der Waals surface area contributed by atoms with E-state index in [1.807, 2.05) is 0 Å². The standard InChI is InChI=1S/C17H32N2O2/c1-6-15(17-8-2-9-18-17)16(7-1)19-10-4-11-20-13-14-5-3-12-21-14/h14-19H,1-13H2. The highest BCUT2D eigenvalue weighted by Crippen LogP contribution is 2.31. The van der Waals surface area contributed by atoms with Crippen LogP contribution in [-0.4, -0.2) is 51.1 Å². The second-order valence-electron chi connectivity index (χ2n) is 6.92. The summed E-state index contributed by atoms with van der Waals surface area (Å²) in [6.45, 7) is 4.90. The van der Waals surface area contributed by atoms with Crippen molar-refractivity contribution in [2.75, 3.05) is 32.9 Å². The maximum absolute atomic E-state index is 5.73. The smallest absolute Gasteiger partial charge is 0.0809 e. The van der Waals surface area contributed by atoms with Crippen LogP contribution < -0.4 is 10.6 Å². The fourth-order valence-electron chi connectivity index (χ4n) is 4.25. The molecule has 122 valence electrons. The van der Waals surface area contributed by atoms with Crippen molar-refractivity contribution in [1.82, 2.24) is 10.6 Å². The van der Waals surface area contributed by atoms with Crippen molar-refractivity contribution in [3.05, 3.63) is 0 Å². The van der Waals surface area contributed by atoms with Crippen LogP contribution >= 0.6 is 0 Å². The highest BCUT2D eigenvalue weighted by molar-refractivity contribution is 4.93. The van der Waals surface area contributed by atoms with Crippen molar-refractivity contribution < 1.29 is 9.47 Å². The van der Waals surface area contributed by atoms with Crippen molar-refractivity contribution in [2.24, 2.45) is 5.92 Å². The van der Waals surface area contributed by atoms with Crippen LogP contribution in [0, 0.1) is 5.92 Å². The molecule has 1 aliphatic carbocycles. The molecule has 0 radical (unpaired) electrons. The molecule has 3 rings (SSSR count). The molecule has 1 saturated carbocycles. The molecule has 3 aliphatic rings. The zero-order chi connectivity index (χ0) is 14.3. The molecule has 0 amide bonds. The molecule has 3 fully saturated rings. The highest BCUT2D eigenvalue weighted by atomic mass is 16.5. The highest BCUT2D eigenvalue weighted by Gasteiger charge is 2.34. The number of nitrogens with one attached hydrogen (secondary N) is 2. The van der Waals surface area contributed by atoms with E-state index in [1.54, 1.807) is 0 Å². The lowest BCUT2D eigenvalue weighted by Crippen LogP contribution is -2.42. The van der Waals surface area contributed by atoms with E-state index in [2.05, 4.69) is 10.6 Å². The molecule has 0 spiro atoms. The summed E-state index contributed by atoms with van der Waals surface area (Å²) in [5, 5.41) is 7.48. The monoisotopic (exact) mass is 296 g/mol. The number of rotatable bonds is 8. The molecule has 0 aromatic carbocycles. The second kappa shape index (κ2) is 8.47. The lowest BCUT2D eigenvalue weighted by molar-refractivity contribution is 0.0164. The maximum atomic E-state index is 5.73. The summed E-state index contributed by atoms with van der Waals surface area (Å²) < 4.78 is 11.3. The molecule has 2 heterocycles. The lowest BCUT2D eigenvalue weighted by Gasteiger charge is -2.26. The van der Waals surface area contributed by atoms with Crippen molar-refractivity contribution in [3.63, 3.8) is 0 Å². The van der Waals surface area contributed by atoms with E-state index in [9.17, 15) is 0 Å². The van der Waals surface area contributed by atoms with Gasteiger partial charge in [-0.05, 0) is 64.0 Å². The topological polar surface area (TPSA) is 42.5 Å². The fraction of sp³-hybridized carbons (Fsp3) is 1.00. The van der Waals surface area contributed by atoms with E-state index >= 15 is 0 Å². The summed E-state index contributed by atoms with van der Waals surface area (Å²) >= 11 is 0. The molecule has 0 bridgehead atoms. The summed E-state index contributed by atoms with van der Waals surface area (Å²) in [6.07, 6.45) is 10.8. The van der Waals surface area contributed by atoms with Crippen molar-refractivity contribution in [1.29, 1.82) is 0 Å². The normalized spacial score (nSPS) is 36.6. The SMILES string of the molecule is C(CNC1CCCC1C1CCCN1)COCC1CCCO1. The van der Waals surface area contributed by atoms with Gasteiger partial charge in [0.25, 0.3) is 0 Å². The van der Waals surface area contributed by atoms with E-state index in [0.717, 1.165) is 50.8 Å². The minimum atomic E-state index is 0.366. The van der Waals surface area contributed by atoms with Gasteiger partial charge in [-0.25, -0.2) is 0 Å². The molecule has 2 N–H and O–H groups in total. The van der Waals surface area contributed by atoms with Crippen LogP contribution in [0.15, 0.2) is 0 Å². The average Bonchev–Trinajstić information content (AvgIpc) is 3.23. The third-order valence-electron chi connectivity index (χ3n) is 5.38. The lowest BCUT2D eigenvalue weighted by atomic mass is 9.93. The molecule has 0 aromatic rings. The Morgan fingerprint density at radius 3 is 2.90 bits per heavy atom. The predicted octanol–water partition coefficient (Wildman–Crippen LogP) is 2.08. The first kappa shape index (κ1) is 15.7. The van der Waals surface area contributed by atoms with E-state index < -0.39 is 0 Å². The molecule has 21 heavy (non-hydrogen) atoms. The Morgan fingerprint density at radius 2 is 2.10 bits per heavy atom. The van der Waals surface area contributed by atoms with Crippen LogP contribution in [0.1, 0.15) is 51.4 Å². The Morgan fingerprint density at radius 1 is 1.10 bits per heavy atom. The fourth-order valence-corrected chi connectivity index (χ4v) is 4.25. The largest absolute Gasteiger partial charge is 0.379 e. The third kappa shape index (κ3) is 4.65. The van der Waals surface area contributed by atoms with Gasteiger partial charge in [0.1, 0.15) is 0 Å². The van der Waals surface area contributed by atoms with Gasteiger partial charge in [0.15, 0.2) is 0 Å². The van der Waals surface area contributed by atoms with Crippen LogP contribution in [0.2, 0.25) is 0 Å². The Bertz CT molecular complexity index is 289. The molecule has 0 aromatic heterocycles. The summed E-state index contributed by atoms with van der Waals surface area (Å²) in [5.41, 5.74) is 0. The zero-order valence-corrected chi connectivity index (χ0v) is 13.3. The molecular weight excluding hydrogens is 264 g/mol. The van der Waals surface area contributed by atoms with Gasteiger partial charge in [0, 0.05) is 25.3 Å². The number of ether oxygens (including phenoxy) is 2. The summed E-state index contributed by atoms with van der Waals surface area (Å²) in [4.78, 5) is 0. The van der Waals surface area contributed by atoms with Gasteiger partial charge in [-0.15, -0.1) is 0 Å². The maximum Gasteiger partial charge on any atom is 0.0809 e. The molecule has 4 heteroatoms. The van der Waals surface area contributed by atoms with Crippen molar-refractivity contribution in [3.8, 4) is 0 Å². The van der Waals surface area contributed by atoms with E-state index in [-0.39, 0.29) is 0 Å². The molecule has 2 saturated heterocycles. The van der Waals surface area contributed by atoms with Gasteiger partial charge in [-0.3, -0.25) is 0 Å². The Labute approximate surface area is 129 Å². The minimum Gasteiger partial charge on any atom is -0.379 e. The summed E-state index contributed by atoms with van der Waals surface area (Å²) in [5.74, 6) is 0.861. The summed E-state index contributed by atoms with van der Waals surface area (Å²) in [7, 11) is 0. The Kier molecular flexibility index (Phi) is 6.34. The van der Waals surface area contributed by atoms with Crippen LogP contribution in [-0.2, 0) is 9.47 Å². The average molecular weight is 296 g/mol. The van der Waals surface area contributed by atoms with Crippen LogP contribution in [0.5, 0.6) is 0 Å². The summed E-state index contributed by atoms with van der Waals surface area (Å²) in [6, 6.07) is 1.51. The quantitative estimate of drug-likeness (QED) is 0.673. The molecular formula is C17H32N2O2. The van der Waals surface area contributed by atoms with Gasteiger partial charge in [-0.2, -0.15) is 0 Å². The second-order valence-corrected chi connectivity index (χ2v) is 6.92. The molecule has 4 unspecified atom stereocenters. The number of hydrogen-bond acceptors (Lipinski definition) is 4. The van der Waals surface area contributed by atoms with E-state index in [4.69, 9.17) is 9.47 Å². The van der Waals surface area contributed by atoms with Gasteiger partial charge in [0.2, 0.25) is 0 Å². The Hall–Kier alpha value is -0.160. The Balaban J connectivity index is 1.24. The first-order chi connectivity index (χ1) is 10.4. The molecule has 2 aliphatic heterocycles. The molecule has 4 atom stereocenters. The van der Waals surface area contributed by atoms with E-state index in [0.29, 0.717) is 6.10 Å². The van der Waals surface area contributed by atoms with Crippen LogP contribution in [0.3, 0.4) is 0 Å². The number of hydrogen-bond donors (Lipinski definition) is 2. The predicted molar refractivity (Wildman–Crippen MR) is 84.6 cm³/mol. The molecule has 4 nitrogen and oxygen atoms in total. The first-order valence-electron chi connectivity index (χ1n) is 9.09. The van der Waals surface area contributed by atoms with Gasteiger partial charge < -0.3 is 20.1 Å². The van der Waals surface area contributed by atoms with Gasteiger partial charge in [-0.1, -0.05) is 6.42 Å². The minimum absolute atomic E-state index is 0.366. The third-order valence-corrected chi connectivity index (χ3v) is 5.38. The van der Waals surface area contributed by atoms with Gasteiger partial charge in [0.05, 0.1) is 12.7 Å². The first-order valence-corrected chi connectivity index (χ1v) is 9.09. The van der Waals surface area contributed by atoms with E-state index in [1.165, 1.54) is 51.5 Å². The van der Waals surface area contributed by atoms with Crippen molar-refractivity contribution in [2.45, 2.75) is 69.6 Å². The van der Waals surface area contributed by atoms with Crippen LogP contribution in [0.4, 0.5) is 0 Å².